The summed E-state index contributed by atoms with van der Waals surface area (Å²) in [5, 5.41) is 4.29. The van der Waals surface area contributed by atoms with Crippen LogP contribution in [-0.4, -0.2) is 60.7 Å². The molecular formula is C21H29F2N3O3S2. The van der Waals surface area contributed by atoms with Crippen LogP contribution in [0.3, 0.4) is 0 Å². The number of fused-ring (bicyclic) bond motifs is 2. The number of nitrogens with zero attached hydrogens (tertiary/aromatic N) is 3. The van der Waals surface area contributed by atoms with E-state index in [1.807, 2.05) is 12.3 Å². The SMILES string of the molecule is C[C@H]1C[C@@]2(CCN1Cc1cnn(CCS(C)(=O)=O)c1)OCCc1cc(CC(F)F)sc12. The number of aryl methyl sites for hydroxylation is 1. The minimum Gasteiger partial charge on any atom is -0.369 e. The molecule has 0 radical (unpaired) electrons. The maximum Gasteiger partial charge on any atom is 0.243 e. The molecule has 2 aromatic rings. The van der Waals surface area contributed by atoms with E-state index in [0.29, 0.717) is 13.2 Å². The van der Waals surface area contributed by atoms with Crippen molar-refractivity contribution in [3.05, 3.63) is 39.3 Å². The lowest BCUT2D eigenvalue weighted by atomic mass is 9.82. The van der Waals surface area contributed by atoms with Gasteiger partial charge in [-0.2, -0.15) is 5.10 Å². The molecule has 0 aromatic carbocycles. The number of sulfone groups is 1. The van der Waals surface area contributed by atoms with Gasteiger partial charge >= 0.3 is 0 Å². The predicted molar refractivity (Wildman–Crippen MR) is 116 cm³/mol. The first-order valence-corrected chi connectivity index (χ1v) is 13.5. The van der Waals surface area contributed by atoms with E-state index in [1.165, 1.54) is 23.2 Å². The highest BCUT2D eigenvalue weighted by atomic mass is 32.2. The first-order chi connectivity index (χ1) is 14.6. The van der Waals surface area contributed by atoms with Crippen LogP contribution in [0.15, 0.2) is 18.5 Å². The van der Waals surface area contributed by atoms with Crippen LogP contribution >= 0.6 is 11.3 Å². The summed E-state index contributed by atoms with van der Waals surface area (Å²) in [6, 6.07) is 2.22. The van der Waals surface area contributed by atoms with Crippen molar-refractivity contribution >= 4 is 21.2 Å². The van der Waals surface area contributed by atoms with Crippen LogP contribution in [0.2, 0.25) is 0 Å². The highest BCUT2D eigenvalue weighted by molar-refractivity contribution is 7.90. The second-order valence-electron chi connectivity index (χ2n) is 8.77. The van der Waals surface area contributed by atoms with E-state index >= 15 is 0 Å². The Balaban J connectivity index is 1.42. The molecule has 10 heteroatoms. The Bertz CT molecular complexity index is 1020. The summed E-state index contributed by atoms with van der Waals surface area (Å²) >= 11 is 1.50. The first-order valence-electron chi connectivity index (χ1n) is 10.6. The van der Waals surface area contributed by atoms with Crippen molar-refractivity contribution in [2.75, 3.05) is 25.2 Å². The Morgan fingerprint density at radius 2 is 2.23 bits per heavy atom. The lowest BCUT2D eigenvalue weighted by molar-refractivity contribution is -0.110. The van der Waals surface area contributed by atoms with Gasteiger partial charge < -0.3 is 4.74 Å². The fraction of sp³-hybridized carbons (Fsp3) is 0.667. The van der Waals surface area contributed by atoms with E-state index in [2.05, 4.69) is 16.9 Å². The second kappa shape index (κ2) is 8.88. The fourth-order valence-corrected chi connectivity index (χ4v) is 6.58. The first kappa shape index (κ1) is 22.8. The second-order valence-corrected chi connectivity index (χ2v) is 12.2. The van der Waals surface area contributed by atoms with Crippen LogP contribution in [0, 0.1) is 0 Å². The van der Waals surface area contributed by atoms with E-state index in [9.17, 15) is 17.2 Å². The summed E-state index contributed by atoms with van der Waals surface area (Å²) in [4.78, 5) is 4.28. The molecule has 4 rings (SSSR count). The van der Waals surface area contributed by atoms with Crippen molar-refractivity contribution in [3.8, 4) is 0 Å². The molecule has 2 aromatic heterocycles. The number of hydrogen-bond acceptors (Lipinski definition) is 6. The molecule has 1 spiro atoms. The monoisotopic (exact) mass is 473 g/mol. The normalized spacial score (nSPS) is 24.7. The van der Waals surface area contributed by atoms with Crippen molar-refractivity contribution in [3.63, 3.8) is 0 Å². The number of thiophene rings is 1. The topological polar surface area (TPSA) is 64.4 Å². The molecule has 2 aliphatic rings. The van der Waals surface area contributed by atoms with Crippen molar-refractivity contribution in [2.24, 2.45) is 0 Å². The van der Waals surface area contributed by atoms with Gasteiger partial charge in [-0.1, -0.05) is 0 Å². The molecule has 1 fully saturated rings. The standard InChI is InChI=1S/C21H29F2N3O3S2/c1-15-11-21(20-17(3-7-29-21)9-18(30-20)10-19(22)23)4-5-25(15)13-16-12-24-26(14-16)6-8-31(2,27)28/h9,12,14-15,19H,3-8,10-11,13H2,1-2H3/t15-,21+/m0/s1. The van der Waals surface area contributed by atoms with E-state index < -0.39 is 16.3 Å². The van der Waals surface area contributed by atoms with Gasteiger partial charge in [0, 0.05) is 53.3 Å². The largest absolute Gasteiger partial charge is 0.369 e. The summed E-state index contributed by atoms with van der Waals surface area (Å²) < 4.78 is 56.5. The number of rotatable bonds is 7. The van der Waals surface area contributed by atoms with Crippen LogP contribution in [0.4, 0.5) is 8.78 Å². The summed E-state index contributed by atoms with van der Waals surface area (Å²) in [6.07, 6.45) is 4.89. The molecule has 0 amide bonds. The molecule has 0 bridgehead atoms. The molecule has 2 aliphatic heterocycles. The molecule has 0 unspecified atom stereocenters. The predicted octanol–water partition coefficient (Wildman–Crippen LogP) is 3.25. The average molecular weight is 474 g/mol. The maximum atomic E-state index is 12.9. The van der Waals surface area contributed by atoms with Gasteiger partial charge in [0.05, 0.1) is 25.1 Å². The Kier molecular flexibility index (Phi) is 6.54. The van der Waals surface area contributed by atoms with E-state index in [0.717, 1.165) is 47.7 Å². The molecule has 6 nitrogen and oxygen atoms in total. The van der Waals surface area contributed by atoms with Crippen LogP contribution in [0.5, 0.6) is 0 Å². The van der Waals surface area contributed by atoms with Gasteiger partial charge in [0.2, 0.25) is 6.43 Å². The third-order valence-electron chi connectivity index (χ3n) is 6.19. The highest BCUT2D eigenvalue weighted by Gasteiger charge is 2.44. The zero-order valence-corrected chi connectivity index (χ0v) is 19.5. The average Bonchev–Trinajstić information content (AvgIpc) is 3.29. The molecule has 4 heterocycles. The van der Waals surface area contributed by atoms with Gasteiger partial charge in [-0.15, -0.1) is 11.3 Å². The van der Waals surface area contributed by atoms with Crippen LogP contribution in [-0.2, 0) is 46.1 Å². The number of alkyl halides is 2. The molecule has 172 valence electrons. The van der Waals surface area contributed by atoms with Gasteiger partial charge in [0.25, 0.3) is 0 Å². The van der Waals surface area contributed by atoms with Gasteiger partial charge in [0.15, 0.2) is 0 Å². The zero-order chi connectivity index (χ0) is 22.2. The molecule has 0 N–H and O–H groups in total. The van der Waals surface area contributed by atoms with Gasteiger partial charge in [-0.3, -0.25) is 9.58 Å². The van der Waals surface area contributed by atoms with Gasteiger partial charge in [0.1, 0.15) is 15.4 Å². The third-order valence-corrected chi connectivity index (χ3v) is 8.50. The molecule has 1 saturated heterocycles. The number of halogens is 2. The van der Waals surface area contributed by atoms with E-state index in [1.54, 1.807) is 10.9 Å². The van der Waals surface area contributed by atoms with E-state index in [-0.39, 0.29) is 23.8 Å². The van der Waals surface area contributed by atoms with Crippen molar-refractivity contribution in [1.82, 2.24) is 14.7 Å². The molecule has 31 heavy (non-hydrogen) atoms. The molecule has 0 saturated carbocycles. The Labute approximate surface area is 186 Å². The van der Waals surface area contributed by atoms with Gasteiger partial charge in [-0.25, -0.2) is 17.2 Å². The summed E-state index contributed by atoms with van der Waals surface area (Å²) in [5.41, 5.74) is 1.87. The van der Waals surface area contributed by atoms with Gasteiger partial charge in [-0.05, 0) is 37.8 Å². The zero-order valence-electron chi connectivity index (χ0n) is 17.9. The Morgan fingerprint density at radius 3 is 2.94 bits per heavy atom. The number of likely N-dealkylation sites (tertiary alicyclic amines) is 1. The summed E-state index contributed by atoms with van der Waals surface area (Å²) in [7, 11) is -3.02. The van der Waals surface area contributed by atoms with Crippen molar-refractivity contribution in [2.45, 2.75) is 63.8 Å². The van der Waals surface area contributed by atoms with Crippen LogP contribution in [0.1, 0.15) is 40.6 Å². The number of piperidine rings is 1. The quantitative estimate of drug-likeness (QED) is 0.618. The summed E-state index contributed by atoms with van der Waals surface area (Å²) in [6.45, 7) is 4.76. The highest BCUT2D eigenvalue weighted by Crippen LogP contribution is 2.47. The summed E-state index contributed by atoms with van der Waals surface area (Å²) in [5.74, 6) is 0.0742. The van der Waals surface area contributed by atoms with Crippen LogP contribution < -0.4 is 0 Å². The fourth-order valence-electron chi connectivity index (χ4n) is 4.66. The number of aromatic nitrogens is 2. The molecule has 0 aliphatic carbocycles. The van der Waals surface area contributed by atoms with Crippen molar-refractivity contribution in [1.29, 1.82) is 0 Å². The van der Waals surface area contributed by atoms with Crippen molar-refractivity contribution < 1.29 is 21.9 Å². The molecule has 2 atom stereocenters. The van der Waals surface area contributed by atoms with E-state index in [4.69, 9.17) is 4.74 Å². The lowest BCUT2D eigenvalue weighted by Crippen LogP contribution is -2.49. The molecular weight excluding hydrogens is 444 g/mol. The minimum atomic E-state index is -3.02. The third kappa shape index (κ3) is 5.35. The number of ether oxygens (including phenoxy) is 1. The Morgan fingerprint density at radius 1 is 1.42 bits per heavy atom. The minimum absolute atomic E-state index is 0.0742. The van der Waals surface area contributed by atoms with Crippen LogP contribution in [0.25, 0.3) is 0 Å². The number of hydrogen-bond donors (Lipinski definition) is 0. The maximum absolute atomic E-state index is 12.9. The lowest BCUT2D eigenvalue weighted by Gasteiger charge is -2.47. The smallest absolute Gasteiger partial charge is 0.243 e. The Hall–Kier alpha value is -1.36.